The summed E-state index contributed by atoms with van der Waals surface area (Å²) in [6.45, 7) is 0. The number of rotatable bonds is 2. The lowest BCUT2D eigenvalue weighted by Gasteiger charge is -2.01. The summed E-state index contributed by atoms with van der Waals surface area (Å²) in [6, 6.07) is -0.0638. The number of azide groups is 1. The molecule has 5 nitrogen and oxygen atoms in total. The average Bonchev–Trinajstić information content (AvgIpc) is 2.67. The highest BCUT2D eigenvalue weighted by molar-refractivity contribution is 5.79. The van der Waals surface area contributed by atoms with Gasteiger partial charge in [0.1, 0.15) is 0 Å². The van der Waals surface area contributed by atoms with E-state index in [2.05, 4.69) is 10.0 Å². The van der Waals surface area contributed by atoms with E-state index >= 15 is 0 Å². The number of carboxylic acids is 1. The lowest BCUT2D eigenvalue weighted by molar-refractivity contribution is -0.143. The summed E-state index contributed by atoms with van der Waals surface area (Å²) in [6.07, 6.45) is 2.11. The molecule has 2 saturated carbocycles. The smallest absolute Gasteiger partial charge is 0.309 e. The molecular formula is C7H9N3O2. The summed E-state index contributed by atoms with van der Waals surface area (Å²) in [5, 5.41) is 12.5. The van der Waals surface area contributed by atoms with Crippen molar-refractivity contribution in [1.29, 1.82) is 0 Å². The van der Waals surface area contributed by atoms with Gasteiger partial charge in [0.15, 0.2) is 0 Å². The highest BCUT2D eigenvalue weighted by Crippen LogP contribution is 2.64. The van der Waals surface area contributed by atoms with Crippen molar-refractivity contribution in [2.24, 2.45) is 16.4 Å². The van der Waals surface area contributed by atoms with E-state index in [-0.39, 0.29) is 12.0 Å². The SMILES string of the molecule is [N-]=[N+]=N[C@H]1CC[C@@]2(C(=O)O)C[C@@H]12. The summed E-state index contributed by atoms with van der Waals surface area (Å²) in [5.74, 6) is -0.603. The quantitative estimate of drug-likeness (QED) is 0.384. The van der Waals surface area contributed by atoms with Crippen molar-refractivity contribution in [3.63, 3.8) is 0 Å². The fourth-order valence-electron chi connectivity index (χ4n) is 2.29. The molecule has 0 saturated heterocycles. The third-order valence-electron chi connectivity index (χ3n) is 3.11. The summed E-state index contributed by atoms with van der Waals surface area (Å²) < 4.78 is 0. The molecule has 12 heavy (non-hydrogen) atoms. The van der Waals surface area contributed by atoms with Crippen LogP contribution in [0.5, 0.6) is 0 Å². The Morgan fingerprint density at radius 2 is 2.50 bits per heavy atom. The number of carbonyl (C=O) groups is 1. The zero-order chi connectivity index (χ0) is 8.77. The molecule has 2 fully saturated rings. The first-order chi connectivity index (χ1) is 5.70. The molecule has 0 spiro atoms. The Labute approximate surface area is 69.0 Å². The van der Waals surface area contributed by atoms with E-state index in [0.29, 0.717) is 12.8 Å². The predicted octanol–water partition coefficient (Wildman–Crippen LogP) is 1.55. The first-order valence-corrected chi connectivity index (χ1v) is 3.98. The van der Waals surface area contributed by atoms with Gasteiger partial charge in [0.05, 0.1) is 5.41 Å². The van der Waals surface area contributed by atoms with Crippen molar-refractivity contribution in [1.82, 2.24) is 0 Å². The molecule has 3 atom stereocenters. The van der Waals surface area contributed by atoms with Crippen LogP contribution in [-0.4, -0.2) is 17.1 Å². The molecule has 0 aromatic carbocycles. The summed E-state index contributed by atoms with van der Waals surface area (Å²) >= 11 is 0. The zero-order valence-corrected chi connectivity index (χ0v) is 6.47. The number of hydrogen-bond acceptors (Lipinski definition) is 2. The third kappa shape index (κ3) is 0.741. The minimum absolute atomic E-state index is 0.0638. The topological polar surface area (TPSA) is 86.1 Å². The van der Waals surface area contributed by atoms with Crippen LogP contribution in [0, 0.1) is 11.3 Å². The van der Waals surface area contributed by atoms with E-state index in [1.165, 1.54) is 0 Å². The second kappa shape index (κ2) is 2.14. The maximum Gasteiger partial charge on any atom is 0.309 e. The zero-order valence-electron chi connectivity index (χ0n) is 6.47. The first-order valence-electron chi connectivity index (χ1n) is 3.98. The van der Waals surface area contributed by atoms with Crippen LogP contribution in [0.25, 0.3) is 10.4 Å². The molecule has 0 aromatic heterocycles. The van der Waals surface area contributed by atoms with Crippen molar-refractivity contribution < 1.29 is 9.90 Å². The Hall–Kier alpha value is -1.22. The highest BCUT2D eigenvalue weighted by atomic mass is 16.4. The molecule has 2 aliphatic carbocycles. The lowest BCUT2D eigenvalue weighted by Crippen LogP contribution is -2.13. The first kappa shape index (κ1) is 7.43. The Morgan fingerprint density at radius 1 is 1.75 bits per heavy atom. The van der Waals surface area contributed by atoms with Crippen LogP contribution in [0.15, 0.2) is 5.11 Å². The van der Waals surface area contributed by atoms with Gasteiger partial charge in [-0.2, -0.15) is 0 Å². The van der Waals surface area contributed by atoms with Crippen LogP contribution in [0.4, 0.5) is 0 Å². The standard InChI is InChI=1S/C7H9N3O2/c8-10-9-5-1-2-7(6(11)12)3-4(5)7/h4-5H,1-3H2,(H,11,12)/t4-,5-,7+/m0/s1. The summed E-state index contributed by atoms with van der Waals surface area (Å²) in [7, 11) is 0. The highest BCUT2D eigenvalue weighted by Gasteiger charge is 2.66. The molecular weight excluding hydrogens is 158 g/mol. The second-order valence-electron chi connectivity index (χ2n) is 3.58. The molecule has 64 valence electrons. The number of carboxylic acid groups (broad SMARTS) is 1. The Morgan fingerprint density at radius 3 is 2.92 bits per heavy atom. The minimum atomic E-state index is -0.719. The predicted molar refractivity (Wildman–Crippen MR) is 40.3 cm³/mol. The van der Waals surface area contributed by atoms with Gasteiger partial charge in [0.25, 0.3) is 0 Å². The van der Waals surface area contributed by atoms with Crippen molar-refractivity contribution >= 4 is 5.97 Å². The Kier molecular flexibility index (Phi) is 1.32. The van der Waals surface area contributed by atoms with Gasteiger partial charge < -0.3 is 5.11 Å². The van der Waals surface area contributed by atoms with Gasteiger partial charge in [0.2, 0.25) is 0 Å². The van der Waals surface area contributed by atoms with Gasteiger partial charge in [-0.1, -0.05) is 5.11 Å². The fourth-order valence-corrected chi connectivity index (χ4v) is 2.29. The van der Waals surface area contributed by atoms with E-state index in [1.807, 2.05) is 0 Å². The van der Waals surface area contributed by atoms with E-state index < -0.39 is 11.4 Å². The summed E-state index contributed by atoms with van der Waals surface area (Å²) in [5.41, 5.74) is 7.68. The van der Waals surface area contributed by atoms with Crippen LogP contribution >= 0.6 is 0 Å². The molecule has 0 bridgehead atoms. The molecule has 0 unspecified atom stereocenters. The summed E-state index contributed by atoms with van der Waals surface area (Å²) in [4.78, 5) is 13.5. The molecule has 0 heterocycles. The van der Waals surface area contributed by atoms with Gasteiger partial charge in [0, 0.05) is 11.0 Å². The molecule has 0 radical (unpaired) electrons. The van der Waals surface area contributed by atoms with Crippen molar-refractivity contribution in [3.05, 3.63) is 10.4 Å². The van der Waals surface area contributed by atoms with Gasteiger partial charge in [-0.3, -0.25) is 4.79 Å². The third-order valence-corrected chi connectivity index (χ3v) is 3.11. The molecule has 1 N–H and O–H groups in total. The number of aliphatic carboxylic acids is 1. The van der Waals surface area contributed by atoms with Crippen molar-refractivity contribution in [2.45, 2.75) is 25.3 Å². The van der Waals surface area contributed by atoms with E-state index in [9.17, 15) is 4.79 Å². The monoisotopic (exact) mass is 167 g/mol. The molecule has 0 aliphatic heterocycles. The average molecular weight is 167 g/mol. The second-order valence-corrected chi connectivity index (χ2v) is 3.58. The van der Waals surface area contributed by atoms with Gasteiger partial charge in [-0.25, -0.2) is 0 Å². The maximum absolute atomic E-state index is 10.8. The molecule has 0 aromatic rings. The molecule has 5 heteroatoms. The van der Waals surface area contributed by atoms with Gasteiger partial charge in [-0.15, -0.1) is 0 Å². The lowest BCUT2D eigenvalue weighted by atomic mass is 10.1. The van der Waals surface area contributed by atoms with Crippen molar-refractivity contribution in [2.75, 3.05) is 0 Å². The van der Waals surface area contributed by atoms with Crippen LogP contribution in [0.3, 0.4) is 0 Å². The molecule has 0 amide bonds. The van der Waals surface area contributed by atoms with Crippen LogP contribution in [0.1, 0.15) is 19.3 Å². The number of nitrogens with zero attached hydrogens (tertiary/aromatic N) is 3. The maximum atomic E-state index is 10.8. The number of fused-ring (bicyclic) bond motifs is 1. The Balaban J connectivity index is 2.14. The fraction of sp³-hybridized carbons (Fsp3) is 0.857. The van der Waals surface area contributed by atoms with Crippen LogP contribution in [-0.2, 0) is 4.79 Å². The van der Waals surface area contributed by atoms with Crippen LogP contribution < -0.4 is 0 Å². The van der Waals surface area contributed by atoms with Crippen LogP contribution in [0.2, 0.25) is 0 Å². The number of hydrogen-bond donors (Lipinski definition) is 1. The van der Waals surface area contributed by atoms with Crippen molar-refractivity contribution in [3.8, 4) is 0 Å². The van der Waals surface area contributed by atoms with E-state index in [0.717, 1.165) is 6.42 Å². The van der Waals surface area contributed by atoms with E-state index in [1.54, 1.807) is 0 Å². The normalized spacial score (nSPS) is 43.0. The largest absolute Gasteiger partial charge is 0.481 e. The van der Waals surface area contributed by atoms with Gasteiger partial charge >= 0.3 is 5.97 Å². The molecule has 2 rings (SSSR count). The van der Waals surface area contributed by atoms with Gasteiger partial charge in [-0.05, 0) is 30.7 Å². The Bertz CT molecular complexity index is 284. The minimum Gasteiger partial charge on any atom is -0.481 e. The van der Waals surface area contributed by atoms with E-state index in [4.69, 9.17) is 10.6 Å². The molecule has 2 aliphatic rings.